The van der Waals surface area contributed by atoms with E-state index in [2.05, 4.69) is 5.32 Å². The lowest BCUT2D eigenvalue weighted by Gasteiger charge is -2.10. The SMILES string of the molecule is COc1cc(CC(=S)CNC(=O)CC#N)cc(Cl)c1Cl. The van der Waals surface area contributed by atoms with Crippen LogP contribution in [0.1, 0.15) is 12.0 Å². The molecule has 0 heterocycles. The summed E-state index contributed by atoms with van der Waals surface area (Å²) in [6, 6.07) is 5.22. The van der Waals surface area contributed by atoms with E-state index in [4.69, 9.17) is 45.4 Å². The van der Waals surface area contributed by atoms with Crippen molar-refractivity contribution >= 4 is 46.2 Å². The maximum Gasteiger partial charge on any atom is 0.234 e. The zero-order valence-electron chi connectivity index (χ0n) is 10.7. The van der Waals surface area contributed by atoms with Crippen molar-refractivity contribution in [1.82, 2.24) is 5.32 Å². The van der Waals surface area contributed by atoms with Crippen LogP contribution in [-0.2, 0) is 11.2 Å². The first-order valence-corrected chi connectivity index (χ1v) is 6.81. The number of halogens is 2. The number of thiocarbonyl (C=S) groups is 1. The highest BCUT2D eigenvalue weighted by Crippen LogP contribution is 2.33. The van der Waals surface area contributed by atoms with E-state index in [1.54, 1.807) is 18.2 Å². The molecule has 0 saturated carbocycles. The van der Waals surface area contributed by atoms with Gasteiger partial charge in [0, 0.05) is 17.8 Å². The molecule has 0 radical (unpaired) electrons. The van der Waals surface area contributed by atoms with E-state index in [0.717, 1.165) is 5.56 Å². The predicted molar refractivity (Wildman–Crippen MR) is 82.6 cm³/mol. The number of benzene rings is 1. The number of nitrogens with one attached hydrogen (secondary N) is 1. The summed E-state index contributed by atoms with van der Waals surface area (Å²) >= 11 is 17.1. The molecule has 0 aliphatic rings. The number of ether oxygens (including phenoxy) is 1. The Morgan fingerprint density at radius 3 is 2.80 bits per heavy atom. The Morgan fingerprint density at radius 1 is 1.50 bits per heavy atom. The van der Waals surface area contributed by atoms with Crippen LogP contribution in [0.15, 0.2) is 12.1 Å². The molecule has 0 fully saturated rings. The number of carbonyl (C=O) groups is 1. The normalized spacial score (nSPS) is 9.70. The molecule has 7 heteroatoms. The lowest BCUT2D eigenvalue weighted by Crippen LogP contribution is -2.28. The summed E-state index contributed by atoms with van der Waals surface area (Å²) < 4.78 is 5.11. The highest BCUT2D eigenvalue weighted by Gasteiger charge is 2.10. The number of methoxy groups -OCH3 is 1. The molecule has 0 unspecified atom stereocenters. The van der Waals surface area contributed by atoms with Crippen molar-refractivity contribution in [2.75, 3.05) is 13.7 Å². The van der Waals surface area contributed by atoms with Gasteiger partial charge in [-0.3, -0.25) is 4.79 Å². The van der Waals surface area contributed by atoms with Crippen molar-refractivity contribution in [2.24, 2.45) is 0 Å². The Labute approximate surface area is 132 Å². The lowest BCUT2D eigenvalue weighted by atomic mass is 10.1. The van der Waals surface area contributed by atoms with Crippen LogP contribution in [0.25, 0.3) is 0 Å². The van der Waals surface area contributed by atoms with Crippen LogP contribution < -0.4 is 10.1 Å². The quantitative estimate of drug-likeness (QED) is 0.814. The van der Waals surface area contributed by atoms with Crippen molar-refractivity contribution in [3.05, 3.63) is 27.7 Å². The predicted octanol–water partition coefficient (Wildman–Crippen LogP) is 2.94. The van der Waals surface area contributed by atoms with Gasteiger partial charge in [0.1, 0.15) is 17.2 Å². The van der Waals surface area contributed by atoms with E-state index in [1.165, 1.54) is 7.11 Å². The highest BCUT2D eigenvalue weighted by molar-refractivity contribution is 7.80. The molecule has 4 nitrogen and oxygen atoms in total. The van der Waals surface area contributed by atoms with Gasteiger partial charge < -0.3 is 10.1 Å². The second-order valence-electron chi connectivity index (χ2n) is 3.92. The fraction of sp³-hybridized carbons (Fsp3) is 0.308. The molecule has 0 bridgehead atoms. The average molecular weight is 331 g/mol. The Kier molecular flexibility index (Phi) is 6.73. The van der Waals surface area contributed by atoms with E-state index in [9.17, 15) is 4.79 Å². The van der Waals surface area contributed by atoms with E-state index in [-0.39, 0.29) is 18.9 Å². The Morgan fingerprint density at radius 2 is 2.20 bits per heavy atom. The Hall–Kier alpha value is -1.35. The average Bonchev–Trinajstić information content (AvgIpc) is 2.40. The lowest BCUT2D eigenvalue weighted by molar-refractivity contribution is -0.119. The number of nitrogens with zero attached hydrogens (tertiary/aromatic N) is 1. The molecule has 0 atom stereocenters. The highest BCUT2D eigenvalue weighted by atomic mass is 35.5. The van der Waals surface area contributed by atoms with Crippen molar-refractivity contribution in [3.8, 4) is 11.8 Å². The van der Waals surface area contributed by atoms with Gasteiger partial charge in [-0.15, -0.1) is 0 Å². The van der Waals surface area contributed by atoms with Gasteiger partial charge in [0.05, 0.1) is 18.2 Å². The fourth-order valence-corrected chi connectivity index (χ4v) is 2.15. The maximum atomic E-state index is 11.1. The summed E-state index contributed by atoms with van der Waals surface area (Å²) in [5.74, 6) is 0.132. The zero-order chi connectivity index (χ0) is 15.1. The van der Waals surface area contributed by atoms with Crippen molar-refractivity contribution in [3.63, 3.8) is 0 Å². The number of rotatable bonds is 6. The van der Waals surface area contributed by atoms with E-state index in [1.807, 2.05) is 0 Å². The van der Waals surface area contributed by atoms with Crippen LogP contribution in [0.3, 0.4) is 0 Å². The molecule has 0 saturated heterocycles. The van der Waals surface area contributed by atoms with Gasteiger partial charge in [0.15, 0.2) is 0 Å². The van der Waals surface area contributed by atoms with Crippen molar-refractivity contribution in [2.45, 2.75) is 12.8 Å². The molecule has 0 aromatic heterocycles. The smallest absolute Gasteiger partial charge is 0.234 e. The summed E-state index contributed by atoms with van der Waals surface area (Å²) in [7, 11) is 1.50. The van der Waals surface area contributed by atoms with Crippen LogP contribution in [0.5, 0.6) is 5.75 Å². The van der Waals surface area contributed by atoms with Crippen LogP contribution >= 0.6 is 35.4 Å². The van der Waals surface area contributed by atoms with Gasteiger partial charge in [0.2, 0.25) is 5.91 Å². The number of carbonyl (C=O) groups excluding carboxylic acids is 1. The van der Waals surface area contributed by atoms with Crippen LogP contribution in [0, 0.1) is 11.3 Å². The van der Waals surface area contributed by atoms with E-state index >= 15 is 0 Å². The minimum atomic E-state index is -0.346. The molecule has 1 amide bonds. The van der Waals surface area contributed by atoms with Crippen LogP contribution in [0.2, 0.25) is 10.0 Å². The number of nitriles is 1. The first-order chi connectivity index (χ1) is 9.47. The largest absolute Gasteiger partial charge is 0.495 e. The van der Waals surface area contributed by atoms with Gasteiger partial charge in [0.25, 0.3) is 0 Å². The summed E-state index contributed by atoms with van der Waals surface area (Å²) in [5, 5.41) is 11.7. The third-order valence-corrected chi connectivity index (χ3v) is 3.47. The first kappa shape index (κ1) is 16.7. The van der Waals surface area contributed by atoms with Gasteiger partial charge in [-0.1, -0.05) is 35.4 Å². The third kappa shape index (κ3) is 4.97. The molecule has 106 valence electrons. The summed E-state index contributed by atoms with van der Waals surface area (Å²) in [4.78, 5) is 11.8. The Bertz CT molecular complexity index is 570. The van der Waals surface area contributed by atoms with E-state index < -0.39 is 0 Å². The van der Waals surface area contributed by atoms with Crippen LogP contribution in [0.4, 0.5) is 0 Å². The Balaban J connectivity index is 2.65. The standard InChI is InChI=1S/C13H12Cl2N2O2S/c1-19-11-6-8(5-10(14)13(11)15)4-9(20)7-17-12(18)2-3-16/h5-6H,2,4,7H2,1H3,(H,17,18). The molecule has 1 rings (SSSR count). The molecule has 20 heavy (non-hydrogen) atoms. The third-order valence-electron chi connectivity index (χ3n) is 2.40. The van der Waals surface area contributed by atoms with Gasteiger partial charge in [-0.2, -0.15) is 5.26 Å². The van der Waals surface area contributed by atoms with E-state index in [0.29, 0.717) is 27.1 Å². The number of amides is 1. The molecule has 0 spiro atoms. The molecule has 1 aromatic rings. The summed E-state index contributed by atoms with van der Waals surface area (Å²) in [6.07, 6.45) is 0.276. The molecule has 0 aliphatic heterocycles. The van der Waals surface area contributed by atoms with Crippen LogP contribution in [-0.4, -0.2) is 24.4 Å². The molecule has 1 aromatic carbocycles. The summed E-state index contributed by atoms with van der Waals surface area (Å²) in [5.41, 5.74) is 0.843. The number of hydrogen-bond donors (Lipinski definition) is 1. The zero-order valence-corrected chi connectivity index (χ0v) is 13.0. The molecular formula is C13H12Cl2N2O2S. The number of hydrogen-bond acceptors (Lipinski definition) is 4. The molecular weight excluding hydrogens is 319 g/mol. The topological polar surface area (TPSA) is 62.1 Å². The van der Waals surface area contributed by atoms with Gasteiger partial charge in [-0.05, 0) is 17.7 Å². The minimum absolute atomic E-state index is 0.177. The first-order valence-electron chi connectivity index (χ1n) is 5.65. The van der Waals surface area contributed by atoms with Gasteiger partial charge in [-0.25, -0.2) is 0 Å². The second-order valence-corrected chi connectivity index (χ2v) is 5.28. The van der Waals surface area contributed by atoms with Crippen molar-refractivity contribution < 1.29 is 9.53 Å². The molecule has 1 N–H and O–H groups in total. The second kappa shape index (κ2) is 8.05. The minimum Gasteiger partial charge on any atom is -0.495 e. The monoisotopic (exact) mass is 330 g/mol. The maximum absolute atomic E-state index is 11.1. The summed E-state index contributed by atoms with van der Waals surface area (Å²) in [6.45, 7) is 0.235. The fourth-order valence-electron chi connectivity index (χ4n) is 1.49. The van der Waals surface area contributed by atoms with Gasteiger partial charge >= 0.3 is 0 Å². The molecule has 0 aliphatic carbocycles. The van der Waals surface area contributed by atoms with Crippen molar-refractivity contribution in [1.29, 1.82) is 5.26 Å².